The standard InChI is InChI=1S/C14H23NO4/c1-4-6-7-8-9-11(3)19-14-15-12(10-18-14)13(16)17-5-2/h10-11H,4-9H2,1-3H3. The van der Waals surface area contributed by atoms with Crippen LogP contribution in [0.5, 0.6) is 6.08 Å². The number of rotatable bonds is 9. The minimum atomic E-state index is -0.489. The molecular weight excluding hydrogens is 246 g/mol. The average Bonchev–Trinajstić information content (AvgIpc) is 2.83. The Morgan fingerprint density at radius 2 is 2.16 bits per heavy atom. The Kier molecular flexibility index (Phi) is 7.00. The van der Waals surface area contributed by atoms with Crippen LogP contribution in [0.3, 0.4) is 0 Å². The second kappa shape index (κ2) is 8.56. The van der Waals surface area contributed by atoms with E-state index in [0.29, 0.717) is 6.61 Å². The van der Waals surface area contributed by atoms with Crippen LogP contribution in [-0.2, 0) is 4.74 Å². The van der Waals surface area contributed by atoms with Crippen molar-refractivity contribution in [3.63, 3.8) is 0 Å². The van der Waals surface area contributed by atoms with Crippen molar-refractivity contribution in [2.75, 3.05) is 6.61 Å². The first kappa shape index (κ1) is 15.5. The van der Waals surface area contributed by atoms with Crippen LogP contribution in [0.1, 0.15) is 63.4 Å². The Balaban J connectivity index is 2.34. The van der Waals surface area contributed by atoms with E-state index in [2.05, 4.69) is 11.9 Å². The van der Waals surface area contributed by atoms with E-state index in [1.54, 1.807) is 6.92 Å². The van der Waals surface area contributed by atoms with Crippen molar-refractivity contribution in [2.45, 2.75) is 59.0 Å². The molecule has 0 aliphatic carbocycles. The molecule has 1 aromatic rings. The molecule has 1 atom stereocenters. The second-order valence-corrected chi connectivity index (χ2v) is 4.50. The van der Waals surface area contributed by atoms with Crippen molar-refractivity contribution in [1.82, 2.24) is 4.98 Å². The van der Waals surface area contributed by atoms with Gasteiger partial charge in [-0.25, -0.2) is 4.79 Å². The van der Waals surface area contributed by atoms with Gasteiger partial charge in [0.05, 0.1) is 6.61 Å². The van der Waals surface area contributed by atoms with Gasteiger partial charge < -0.3 is 13.9 Å². The van der Waals surface area contributed by atoms with Crippen molar-refractivity contribution in [1.29, 1.82) is 0 Å². The number of oxazole rings is 1. The highest BCUT2D eigenvalue weighted by Gasteiger charge is 2.15. The summed E-state index contributed by atoms with van der Waals surface area (Å²) < 4.78 is 15.4. The highest BCUT2D eigenvalue weighted by molar-refractivity contribution is 5.86. The molecule has 0 spiro atoms. The minimum absolute atomic E-state index is 0.0329. The molecule has 0 N–H and O–H groups in total. The fourth-order valence-electron chi connectivity index (χ4n) is 1.70. The normalized spacial score (nSPS) is 12.2. The Labute approximate surface area is 114 Å². The zero-order valence-corrected chi connectivity index (χ0v) is 12.0. The Hall–Kier alpha value is -1.52. The van der Waals surface area contributed by atoms with Gasteiger partial charge in [0.15, 0.2) is 5.69 Å². The molecule has 0 amide bonds. The maximum Gasteiger partial charge on any atom is 0.394 e. The molecule has 0 saturated carbocycles. The molecule has 0 aliphatic heterocycles. The van der Waals surface area contributed by atoms with Crippen LogP contribution in [0.25, 0.3) is 0 Å². The molecule has 0 radical (unpaired) electrons. The molecule has 108 valence electrons. The van der Waals surface area contributed by atoms with Gasteiger partial charge in [0.1, 0.15) is 12.4 Å². The van der Waals surface area contributed by atoms with Crippen LogP contribution in [-0.4, -0.2) is 23.7 Å². The zero-order chi connectivity index (χ0) is 14.1. The Bertz CT molecular complexity index is 375. The van der Waals surface area contributed by atoms with Crippen LogP contribution < -0.4 is 4.74 Å². The molecule has 19 heavy (non-hydrogen) atoms. The Morgan fingerprint density at radius 1 is 1.37 bits per heavy atom. The molecule has 1 aromatic heterocycles. The lowest BCUT2D eigenvalue weighted by atomic mass is 10.1. The molecule has 0 aliphatic rings. The lowest BCUT2D eigenvalue weighted by Gasteiger charge is -2.10. The molecule has 0 saturated heterocycles. The van der Waals surface area contributed by atoms with Gasteiger partial charge in [0, 0.05) is 0 Å². The van der Waals surface area contributed by atoms with Crippen molar-refractivity contribution >= 4 is 5.97 Å². The first-order valence-electron chi connectivity index (χ1n) is 6.96. The van der Waals surface area contributed by atoms with E-state index in [1.807, 2.05) is 6.92 Å². The van der Waals surface area contributed by atoms with Gasteiger partial charge in [-0.1, -0.05) is 26.2 Å². The summed E-state index contributed by atoms with van der Waals surface area (Å²) >= 11 is 0. The van der Waals surface area contributed by atoms with E-state index in [1.165, 1.54) is 25.5 Å². The molecule has 1 rings (SSSR count). The second-order valence-electron chi connectivity index (χ2n) is 4.50. The number of carbonyl (C=O) groups is 1. The number of ether oxygens (including phenoxy) is 2. The van der Waals surface area contributed by atoms with E-state index in [4.69, 9.17) is 13.9 Å². The number of nitrogens with zero attached hydrogens (tertiary/aromatic N) is 1. The van der Waals surface area contributed by atoms with Crippen molar-refractivity contribution < 1.29 is 18.7 Å². The number of aromatic nitrogens is 1. The number of hydrogen-bond donors (Lipinski definition) is 0. The van der Waals surface area contributed by atoms with Crippen LogP contribution in [0.4, 0.5) is 0 Å². The van der Waals surface area contributed by atoms with Gasteiger partial charge in [-0.15, -0.1) is 0 Å². The molecule has 5 heteroatoms. The molecule has 1 heterocycles. The molecular formula is C14H23NO4. The highest BCUT2D eigenvalue weighted by Crippen LogP contribution is 2.15. The summed E-state index contributed by atoms with van der Waals surface area (Å²) in [7, 11) is 0. The number of esters is 1. The molecule has 0 bridgehead atoms. The first-order valence-corrected chi connectivity index (χ1v) is 6.96. The maximum absolute atomic E-state index is 11.4. The van der Waals surface area contributed by atoms with Gasteiger partial charge in [0.25, 0.3) is 0 Å². The summed E-state index contributed by atoms with van der Waals surface area (Å²) in [4.78, 5) is 15.3. The predicted octanol–water partition coefficient (Wildman–Crippen LogP) is 3.59. The third-order valence-electron chi connectivity index (χ3n) is 2.73. The largest absolute Gasteiger partial charge is 0.461 e. The molecule has 5 nitrogen and oxygen atoms in total. The van der Waals surface area contributed by atoms with Crippen LogP contribution in [0, 0.1) is 0 Å². The average molecular weight is 269 g/mol. The highest BCUT2D eigenvalue weighted by atomic mass is 16.6. The van der Waals surface area contributed by atoms with E-state index < -0.39 is 5.97 Å². The van der Waals surface area contributed by atoms with E-state index in [-0.39, 0.29) is 17.9 Å². The van der Waals surface area contributed by atoms with Gasteiger partial charge in [-0.3, -0.25) is 0 Å². The fraction of sp³-hybridized carbons (Fsp3) is 0.714. The Morgan fingerprint density at radius 3 is 2.84 bits per heavy atom. The third kappa shape index (κ3) is 5.77. The fourth-order valence-corrected chi connectivity index (χ4v) is 1.70. The topological polar surface area (TPSA) is 61.6 Å². The number of carbonyl (C=O) groups excluding carboxylic acids is 1. The lowest BCUT2D eigenvalue weighted by molar-refractivity contribution is 0.0518. The quantitative estimate of drug-likeness (QED) is 0.506. The summed E-state index contributed by atoms with van der Waals surface area (Å²) in [6, 6.07) is 0. The van der Waals surface area contributed by atoms with E-state index in [9.17, 15) is 4.79 Å². The van der Waals surface area contributed by atoms with Crippen LogP contribution >= 0.6 is 0 Å². The monoisotopic (exact) mass is 269 g/mol. The minimum Gasteiger partial charge on any atom is -0.461 e. The summed E-state index contributed by atoms with van der Waals surface area (Å²) in [5.41, 5.74) is 0.148. The lowest BCUT2D eigenvalue weighted by Crippen LogP contribution is -2.12. The van der Waals surface area contributed by atoms with Crippen LogP contribution in [0.15, 0.2) is 10.7 Å². The van der Waals surface area contributed by atoms with Crippen molar-refractivity contribution in [3.05, 3.63) is 12.0 Å². The third-order valence-corrected chi connectivity index (χ3v) is 2.73. The zero-order valence-electron chi connectivity index (χ0n) is 12.0. The molecule has 1 unspecified atom stereocenters. The van der Waals surface area contributed by atoms with Crippen molar-refractivity contribution in [3.8, 4) is 6.08 Å². The summed E-state index contributed by atoms with van der Waals surface area (Å²) in [5, 5.41) is 0. The van der Waals surface area contributed by atoms with E-state index >= 15 is 0 Å². The predicted molar refractivity (Wildman–Crippen MR) is 71.3 cm³/mol. The van der Waals surface area contributed by atoms with E-state index in [0.717, 1.165) is 12.8 Å². The van der Waals surface area contributed by atoms with Gasteiger partial charge >= 0.3 is 12.0 Å². The SMILES string of the molecule is CCCCCCC(C)Oc1nc(C(=O)OCC)co1. The first-order chi connectivity index (χ1) is 9.17. The number of unbranched alkanes of at least 4 members (excludes halogenated alkanes) is 3. The van der Waals surface area contributed by atoms with Gasteiger partial charge in [-0.05, 0) is 26.7 Å². The molecule has 0 fully saturated rings. The molecule has 0 aromatic carbocycles. The number of hydrogen-bond acceptors (Lipinski definition) is 5. The smallest absolute Gasteiger partial charge is 0.394 e. The maximum atomic E-state index is 11.4. The summed E-state index contributed by atoms with van der Waals surface area (Å²) in [6.45, 7) is 6.22. The van der Waals surface area contributed by atoms with Gasteiger partial charge in [0.2, 0.25) is 0 Å². The van der Waals surface area contributed by atoms with Gasteiger partial charge in [-0.2, -0.15) is 4.98 Å². The summed E-state index contributed by atoms with van der Waals surface area (Å²) in [5.74, 6) is -0.489. The van der Waals surface area contributed by atoms with Crippen LogP contribution in [0.2, 0.25) is 0 Å². The summed E-state index contributed by atoms with van der Waals surface area (Å²) in [6.07, 6.45) is 7.19. The van der Waals surface area contributed by atoms with Crippen molar-refractivity contribution in [2.24, 2.45) is 0 Å².